The van der Waals surface area contributed by atoms with E-state index >= 15 is 0 Å². The molecule has 0 spiro atoms. The molecule has 3 heterocycles. The van der Waals surface area contributed by atoms with Crippen molar-refractivity contribution in [2.75, 3.05) is 32.6 Å². The number of piperidine rings is 1. The largest absolute Gasteiger partial charge is 0.495 e. The Bertz CT molecular complexity index is 1520. The van der Waals surface area contributed by atoms with E-state index < -0.39 is 0 Å². The molecular formula is C31H35N7O2. The summed E-state index contributed by atoms with van der Waals surface area (Å²) in [7, 11) is 5.72. The second-order valence-electron chi connectivity index (χ2n) is 10.7. The molecule has 2 aromatic carbocycles. The van der Waals surface area contributed by atoms with Gasteiger partial charge in [0.05, 0.1) is 29.9 Å². The fourth-order valence-corrected chi connectivity index (χ4v) is 5.66. The molecule has 9 heteroatoms. The van der Waals surface area contributed by atoms with Crippen LogP contribution in [0.1, 0.15) is 45.7 Å². The van der Waals surface area contributed by atoms with E-state index in [2.05, 4.69) is 51.8 Å². The zero-order chi connectivity index (χ0) is 27.6. The van der Waals surface area contributed by atoms with Crippen molar-refractivity contribution in [1.29, 1.82) is 0 Å². The third-order valence-corrected chi connectivity index (χ3v) is 7.95. The van der Waals surface area contributed by atoms with Crippen LogP contribution in [0.2, 0.25) is 0 Å². The van der Waals surface area contributed by atoms with Gasteiger partial charge in [-0.1, -0.05) is 30.3 Å². The quantitative estimate of drug-likeness (QED) is 0.366. The Hall–Kier alpha value is -4.24. The minimum atomic E-state index is -0.0838. The van der Waals surface area contributed by atoms with Crippen LogP contribution in [0.3, 0.4) is 0 Å². The highest BCUT2D eigenvalue weighted by Gasteiger charge is 2.27. The average Bonchev–Trinajstić information content (AvgIpc) is 3.30. The van der Waals surface area contributed by atoms with E-state index in [-0.39, 0.29) is 11.9 Å². The first-order valence-corrected chi connectivity index (χ1v) is 13.9. The summed E-state index contributed by atoms with van der Waals surface area (Å²) in [6.45, 7) is 1.98. The molecule has 0 atom stereocenters. The van der Waals surface area contributed by atoms with Gasteiger partial charge in [0.25, 0.3) is 5.91 Å². The molecule has 40 heavy (non-hydrogen) atoms. The lowest BCUT2D eigenvalue weighted by Gasteiger charge is -2.29. The number of hydrogen-bond acceptors (Lipinski definition) is 7. The van der Waals surface area contributed by atoms with E-state index in [9.17, 15) is 4.79 Å². The van der Waals surface area contributed by atoms with Crippen LogP contribution in [0.15, 0.2) is 54.7 Å². The molecule has 4 aromatic rings. The minimum Gasteiger partial charge on any atom is -0.495 e. The van der Waals surface area contributed by atoms with Crippen molar-refractivity contribution in [3.8, 4) is 17.0 Å². The van der Waals surface area contributed by atoms with Crippen LogP contribution in [0.25, 0.3) is 11.3 Å². The third-order valence-electron chi connectivity index (χ3n) is 7.95. The van der Waals surface area contributed by atoms with Crippen LogP contribution < -0.4 is 15.4 Å². The van der Waals surface area contributed by atoms with Crippen molar-refractivity contribution in [1.82, 2.24) is 30.0 Å². The summed E-state index contributed by atoms with van der Waals surface area (Å²) < 4.78 is 7.64. The third kappa shape index (κ3) is 5.29. The number of aromatic nitrogens is 4. The number of carbonyl (C=O) groups is 1. The Labute approximate surface area is 234 Å². The van der Waals surface area contributed by atoms with Crippen molar-refractivity contribution < 1.29 is 9.53 Å². The van der Waals surface area contributed by atoms with Gasteiger partial charge in [0.1, 0.15) is 5.75 Å². The maximum absolute atomic E-state index is 12.9. The average molecular weight is 538 g/mol. The smallest absolute Gasteiger partial charge is 0.251 e. The lowest BCUT2D eigenvalue weighted by molar-refractivity contribution is 0.0916. The van der Waals surface area contributed by atoms with Gasteiger partial charge in [-0.25, -0.2) is 9.97 Å². The first kappa shape index (κ1) is 26.0. The van der Waals surface area contributed by atoms with E-state index in [4.69, 9.17) is 14.8 Å². The maximum Gasteiger partial charge on any atom is 0.251 e. The fourth-order valence-electron chi connectivity index (χ4n) is 5.66. The Kier molecular flexibility index (Phi) is 7.21. The van der Waals surface area contributed by atoms with Gasteiger partial charge in [0.2, 0.25) is 5.95 Å². The van der Waals surface area contributed by atoms with Crippen molar-refractivity contribution in [2.45, 2.75) is 38.1 Å². The molecule has 1 saturated heterocycles. The first-order valence-electron chi connectivity index (χ1n) is 13.9. The first-order chi connectivity index (χ1) is 19.5. The number of aryl methyl sites for hydroxylation is 3. The lowest BCUT2D eigenvalue weighted by Crippen LogP contribution is -2.43. The normalized spacial score (nSPS) is 15.3. The predicted molar refractivity (Wildman–Crippen MR) is 155 cm³/mol. The molecule has 0 radical (unpaired) electrons. The molecule has 206 valence electrons. The van der Waals surface area contributed by atoms with Crippen LogP contribution in [0.5, 0.6) is 5.75 Å². The standard InChI is InChI=1S/C31H35N7O2/c1-37-15-13-23(14-16-37)33-30(39)21-9-11-24(27(18-21)40-3)34-31-32-19-22-10-12-25-28(29(22)35-31)26(38(2)36-25)17-20-7-5-4-6-8-20/h4-9,11,18-19,23H,10,12-17H2,1-3H3,(H,33,39)(H,32,34,35). The van der Waals surface area contributed by atoms with Gasteiger partial charge < -0.3 is 20.3 Å². The fraction of sp³-hybridized carbons (Fsp3) is 0.355. The van der Waals surface area contributed by atoms with Crippen LogP contribution in [-0.2, 0) is 26.3 Å². The Morgan fingerprint density at radius 3 is 2.65 bits per heavy atom. The number of nitrogens with zero attached hydrogens (tertiary/aromatic N) is 5. The second kappa shape index (κ2) is 11.1. The summed E-state index contributed by atoms with van der Waals surface area (Å²) in [5.41, 5.74) is 7.86. The Balaban J connectivity index is 1.24. The number of hydrogen-bond donors (Lipinski definition) is 2. The Morgan fingerprint density at radius 2 is 1.88 bits per heavy atom. The van der Waals surface area contributed by atoms with E-state index in [1.54, 1.807) is 13.2 Å². The molecule has 2 aliphatic rings. The van der Waals surface area contributed by atoms with Gasteiger partial charge in [-0.2, -0.15) is 5.10 Å². The van der Waals surface area contributed by atoms with Crippen LogP contribution >= 0.6 is 0 Å². The number of fused-ring (bicyclic) bond motifs is 3. The van der Waals surface area contributed by atoms with Gasteiger partial charge in [0.15, 0.2) is 0 Å². The molecule has 0 saturated carbocycles. The zero-order valence-corrected chi connectivity index (χ0v) is 23.3. The summed E-state index contributed by atoms with van der Waals surface area (Å²) in [5.74, 6) is 0.951. The number of ether oxygens (including phenoxy) is 1. The van der Waals surface area contributed by atoms with E-state index in [0.29, 0.717) is 22.9 Å². The molecule has 2 N–H and O–H groups in total. The highest BCUT2D eigenvalue weighted by atomic mass is 16.5. The predicted octanol–water partition coefficient (Wildman–Crippen LogP) is 4.14. The van der Waals surface area contributed by atoms with Crippen molar-refractivity contribution in [2.24, 2.45) is 7.05 Å². The summed E-state index contributed by atoms with van der Waals surface area (Å²) in [5, 5.41) is 11.3. The number of carbonyl (C=O) groups excluding carboxylic acids is 1. The van der Waals surface area contributed by atoms with E-state index in [1.807, 2.05) is 36.1 Å². The molecule has 1 fully saturated rings. The highest BCUT2D eigenvalue weighted by Crippen LogP contribution is 2.36. The van der Waals surface area contributed by atoms with Crippen molar-refractivity contribution in [3.63, 3.8) is 0 Å². The number of benzene rings is 2. The molecule has 6 rings (SSSR count). The van der Waals surface area contributed by atoms with Gasteiger partial charge in [-0.15, -0.1) is 0 Å². The summed E-state index contributed by atoms with van der Waals surface area (Å²) >= 11 is 0. The number of anilines is 2. The van der Waals surface area contributed by atoms with Crippen molar-refractivity contribution in [3.05, 3.63) is 82.8 Å². The number of amides is 1. The van der Waals surface area contributed by atoms with E-state index in [1.165, 1.54) is 5.56 Å². The molecule has 9 nitrogen and oxygen atoms in total. The minimum absolute atomic E-state index is 0.0838. The summed E-state index contributed by atoms with van der Waals surface area (Å²) in [6, 6.07) is 16.1. The SMILES string of the molecule is COc1cc(C(=O)NC2CCN(C)CC2)ccc1Nc1ncc2c(n1)-c1c(nn(C)c1Cc1ccccc1)CC2. The summed E-state index contributed by atoms with van der Waals surface area (Å²) in [6.07, 6.45) is 6.33. The molecule has 2 aromatic heterocycles. The number of methoxy groups -OCH3 is 1. The summed E-state index contributed by atoms with van der Waals surface area (Å²) in [4.78, 5) is 24.8. The second-order valence-corrected chi connectivity index (χ2v) is 10.7. The molecule has 0 bridgehead atoms. The van der Waals surface area contributed by atoms with Gasteiger partial charge in [0, 0.05) is 36.8 Å². The highest BCUT2D eigenvalue weighted by molar-refractivity contribution is 5.95. The van der Waals surface area contributed by atoms with Crippen LogP contribution in [0, 0.1) is 0 Å². The van der Waals surface area contributed by atoms with Crippen LogP contribution in [-0.4, -0.2) is 63.8 Å². The maximum atomic E-state index is 12.9. The molecule has 1 aliphatic heterocycles. The topological polar surface area (TPSA) is 97.2 Å². The van der Waals surface area contributed by atoms with Crippen LogP contribution in [0.4, 0.5) is 11.6 Å². The number of nitrogens with one attached hydrogen (secondary N) is 2. The van der Waals surface area contributed by atoms with Crippen molar-refractivity contribution >= 4 is 17.5 Å². The molecule has 1 aliphatic carbocycles. The molecular weight excluding hydrogens is 502 g/mol. The number of likely N-dealkylation sites (tertiary alicyclic amines) is 1. The Morgan fingerprint density at radius 1 is 1.07 bits per heavy atom. The molecule has 1 amide bonds. The number of rotatable bonds is 7. The van der Waals surface area contributed by atoms with Gasteiger partial charge >= 0.3 is 0 Å². The van der Waals surface area contributed by atoms with Gasteiger partial charge in [-0.3, -0.25) is 9.48 Å². The molecule has 0 unspecified atom stereocenters. The zero-order valence-electron chi connectivity index (χ0n) is 23.3. The monoisotopic (exact) mass is 537 g/mol. The lowest BCUT2D eigenvalue weighted by atomic mass is 9.91. The van der Waals surface area contributed by atoms with E-state index in [0.717, 1.165) is 73.4 Å². The van der Waals surface area contributed by atoms with Gasteiger partial charge in [-0.05, 0) is 75.1 Å².